The topological polar surface area (TPSA) is 134 Å². The number of primary amides is 1. The average Bonchev–Trinajstić information content (AvgIpc) is 2.62. The highest BCUT2D eigenvalue weighted by Gasteiger charge is 2.30. The Hall–Kier alpha value is -3.08. The lowest BCUT2D eigenvalue weighted by Gasteiger charge is -2.26. The summed E-state index contributed by atoms with van der Waals surface area (Å²) in [7, 11) is 0. The molecule has 0 saturated carbocycles. The Bertz CT molecular complexity index is 685. The molecule has 0 radical (unpaired) electrons. The molecule has 0 spiro atoms. The first kappa shape index (κ1) is 22.0. The predicted octanol–water partition coefficient (Wildman–Crippen LogP) is 1.46. The number of benzene rings is 1. The van der Waals surface area contributed by atoms with Crippen LogP contribution in [0, 0.1) is 23.2 Å². The van der Waals surface area contributed by atoms with Gasteiger partial charge in [-0.1, -0.05) is 51.1 Å². The zero-order chi connectivity index (χ0) is 20.4. The summed E-state index contributed by atoms with van der Waals surface area (Å²) in [4.78, 5) is 36.2. The Kier molecular flexibility index (Phi) is 8.79. The molecule has 1 rings (SSSR count). The van der Waals surface area contributed by atoms with E-state index in [1.807, 2.05) is 36.4 Å². The minimum Gasteiger partial charge on any atom is -0.445 e. The number of ether oxygens (including phenoxy) is 1. The summed E-state index contributed by atoms with van der Waals surface area (Å²) in [5.41, 5.74) is 6.15. The number of hydrogen-bond acceptors (Lipinski definition) is 5. The number of nitrogens with two attached hydrogens (primary N) is 1. The SMILES string of the molecule is CC(C)[C@@H](NC(=O)OCc1ccccc1)C(=O)N[C@H](C(N)=O)[C@@H](C)CC#N. The number of nitrogens with one attached hydrogen (secondary N) is 2. The smallest absolute Gasteiger partial charge is 0.408 e. The van der Waals surface area contributed by atoms with Crippen LogP contribution in [0.4, 0.5) is 4.79 Å². The first-order valence-electron chi connectivity index (χ1n) is 8.70. The first-order valence-corrected chi connectivity index (χ1v) is 8.70. The van der Waals surface area contributed by atoms with Crippen LogP contribution in [0.2, 0.25) is 0 Å². The van der Waals surface area contributed by atoms with Gasteiger partial charge in [0.25, 0.3) is 0 Å². The van der Waals surface area contributed by atoms with Crippen LogP contribution in [-0.2, 0) is 20.9 Å². The average molecular weight is 374 g/mol. The van der Waals surface area contributed by atoms with E-state index in [4.69, 9.17) is 15.7 Å². The van der Waals surface area contributed by atoms with Crippen molar-refractivity contribution in [1.29, 1.82) is 5.26 Å². The number of amides is 3. The maximum Gasteiger partial charge on any atom is 0.408 e. The third kappa shape index (κ3) is 7.36. The molecule has 0 aliphatic carbocycles. The molecule has 1 aromatic rings. The lowest BCUT2D eigenvalue weighted by atomic mass is 9.96. The van der Waals surface area contributed by atoms with Crippen LogP contribution in [0.15, 0.2) is 30.3 Å². The zero-order valence-electron chi connectivity index (χ0n) is 15.8. The van der Waals surface area contributed by atoms with Gasteiger partial charge in [-0.15, -0.1) is 0 Å². The van der Waals surface area contributed by atoms with Crippen LogP contribution in [0.3, 0.4) is 0 Å². The molecule has 3 atom stereocenters. The number of rotatable bonds is 9. The Morgan fingerprint density at radius 2 is 1.74 bits per heavy atom. The second kappa shape index (κ2) is 10.8. The molecule has 3 amide bonds. The van der Waals surface area contributed by atoms with Gasteiger partial charge in [0.05, 0.1) is 6.07 Å². The third-order valence-electron chi connectivity index (χ3n) is 4.02. The fourth-order valence-corrected chi connectivity index (χ4v) is 2.43. The maximum atomic E-state index is 12.5. The van der Waals surface area contributed by atoms with Gasteiger partial charge >= 0.3 is 6.09 Å². The summed E-state index contributed by atoms with van der Waals surface area (Å²) in [6.07, 6.45) is -0.680. The molecule has 0 aliphatic heterocycles. The van der Waals surface area contributed by atoms with Crippen LogP contribution < -0.4 is 16.4 Å². The van der Waals surface area contributed by atoms with Gasteiger partial charge in [0.15, 0.2) is 0 Å². The van der Waals surface area contributed by atoms with Gasteiger partial charge in [-0.05, 0) is 17.4 Å². The zero-order valence-corrected chi connectivity index (χ0v) is 15.8. The molecule has 0 aliphatic rings. The molecule has 0 aromatic heterocycles. The molecular weight excluding hydrogens is 348 g/mol. The lowest BCUT2D eigenvalue weighted by Crippen LogP contribution is -2.56. The van der Waals surface area contributed by atoms with Gasteiger partial charge in [0, 0.05) is 6.42 Å². The second-order valence-electron chi connectivity index (χ2n) is 6.66. The van der Waals surface area contributed by atoms with Gasteiger partial charge in [-0.25, -0.2) is 4.79 Å². The fraction of sp³-hybridized carbons (Fsp3) is 0.474. The summed E-state index contributed by atoms with van der Waals surface area (Å²) < 4.78 is 5.13. The van der Waals surface area contributed by atoms with Crippen LogP contribution in [0.25, 0.3) is 0 Å². The standard InChI is InChI=1S/C19H26N4O4/c1-12(2)15(18(25)22-16(17(21)24)13(3)9-10-20)23-19(26)27-11-14-7-5-4-6-8-14/h4-8,12-13,15-16H,9,11H2,1-3H3,(H2,21,24)(H,22,25)(H,23,26)/t13-,15+,16-/m0/s1. The summed E-state index contributed by atoms with van der Waals surface area (Å²) in [5, 5.41) is 13.8. The summed E-state index contributed by atoms with van der Waals surface area (Å²) in [5.74, 6) is -2.00. The van der Waals surface area contributed by atoms with Crippen molar-refractivity contribution in [3.8, 4) is 6.07 Å². The Labute approximate surface area is 159 Å². The largest absolute Gasteiger partial charge is 0.445 e. The summed E-state index contributed by atoms with van der Waals surface area (Å²) >= 11 is 0. The molecule has 0 unspecified atom stereocenters. The third-order valence-corrected chi connectivity index (χ3v) is 4.02. The number of carbonyl (C=O) groups is 3. The van der Waals surface area contributed by atoms with Gasteiger partial charge in [-0.2, -0.15) is 5.26 Å². The van der Waals surface area contributed by atoms with Crippen LogP contribution in [0.1, 0.15) is 32.8 Å². The van der Waals surface area contributed by atoms with Gasteiger partial charge in [-0.3, -0.25) is 9.59 Å². The van der Waals surface area contributed by atoms with E-state index in [0.717, 1.165) is 5.56 Å². The van der Waals surface area contributed by atoms with Crippen molar-refractivity contribution in [2.75, 3.05) is 0 Å². The van der Waals surface area contributed by atoms with Crippen molar-refractivity contribution in [2.45, 2.75) is 45.9 Å². The Morgan fingerprint density at radius 3 is 2.26 bits per heavy atom. The number of hydrogen-bond donors (Lipinski definition) is 3. The van der Waals surface area contributed by atoms with Crippen molar-refractivity contribution in [1.82, 2.24) is 10.6 Å². The number of alkyl carbamates (subject to hydrolysis) is 1. The molecule has 0 saturated heterocycles. The summed E-state index contributed by atoms with van der Waals surface area (Å²) in [6.45, 7) is 5.21. The molecule has 1 aromatic carbocycles. The second-order valence-corrected chi connectivity index (χ2v) is 6.66. The molecule has 0 heterocycles. The maximum absolute atomic E-state index is 12.5. The molecule has 0 fully saturated rings. The first-order chi connectivity index (χ1) is 12.8. The van der Waals surface area contributed by atoms with E-state index in [0.29, 0.717) is 0 Å². The van der Waals surface area contributed by atoms with E-state index in [9.17, 15) is 14.4 Å². The van der Waals surface area contributed by atoms with Crippen LogP contribution in [-0.4, -0.2) is 30.0 Å². The molecule has 8 heteroatoms. The molecule has 4 N–H and O–H groups in total. The highest BCUT2D eigenvalue weighted by atomic mass is 16.5. The lowest BCUT2D eigenvalue weighted by molar-refractivity contribution is -0.130. The fourth-order valence-electron chi connectivity index (χ4n) is 2.43. The van der Waals surface area contributed by atoms with Crippen molar-refractivity contribution >= 4 is 17.9 Å². The quantitative estimate of drug-likeness (QED) is 0.601. The van der Waals surface area contributed by atoms with Crippen molar-refractivity contribution < 1.29 is 19.1 Å². The van der Waals surface area contributed by atoms with E-state index in [-0.39, 0.29) is 18.9 Å². The molecule has 27 heavy (non-hydrogen) atoms. The highest BCUT2D eigenvalue weighted by molar-refractivity contribution is 5.91. The molecular formula is C19H26N4O4. The number of nitrogens with zero attached hydrogens (tertiary/aromatic N) is 1. The van der Waals surface area contributed by atoms with Crippen molar-refractivity contribution in [3.63, 3.8) is 0 Å². The molecule has 8 nitrogen and oxygen atoms in total. The van der Waals surface area contributed by atoms with E-state index >= 15 is 0 Å². The molecule has 146 valence electrons. The minimum atomic E-state index is -1.000. The number of carbonyl (C=O) groups excluding carboxylic acids is 3. The predicted molar refractivity (Wildman–Crippen MR) is 98.9 cm³/mol. The monoisotopic (exact) mass is 374 g/mol. The van der Waals surface area contributed by atoms with E-state index < -0.39 is 35.9 Å². The molecule has 0 bridgehead atoms. The van der Waals surface area contributed by atoms with Crippen LogP contribution >= 0.6 is 0 Å². The summed E-state index contributed by atoms with van der Waals surface area (Å²) in [6, 6.07) is 9.16. The Balaban J connectivity index is 2.70. The van der Waals surface area contributed by atoms with Crippen molar-refractivity contribution in [3.05, 3.63) is 35.9 Å². The minimum absolute atomic E-state index is 0.0623. The van der Waals surface area contributed by atoms with Gasteiger partial charge < -0.3 is 21.1 Å². The van der Waals surface area contributed by atoms with Crippen LogP contribution in [0.5, 0.6) is 0 Å². The number of nitriles is 1. The van der Waals surface area contributed by atoms with Gasteiger partial charge in [0.2, 0.25) is 11.8 Å². The van der Waals surface area contributed by atoms with E-state index in [2.05, 4.69) is 10.6 Å². The van der Waals surface area contributed by atoms with E-state index in [1.54, 1.807) is 20.8 Å². The van der Waals surface area contributed by atoms with Gasteiger partial charge in [0.1, 0.15) is 18.7 Å². The van der Waals surface area contributed by atoms with Crippen molar-refractivity contribution in [2.24, 2.45) is 17.6 Å². The Morgan fingerprint density at radius 1 is 1.11 bits per heavy atom. The normalized spacial score (nSPS) is 13.7. The highest BCUT2D eigenvalue weighted by Crippen LogP contribution is 2.10. The van der Waals surface area contributed by atoms with E-state index in [1.165, 1.54) is 0 Å².